The number of fused-ring (bicyclic) bond motifs is 1. The van der Waals surface area contributed by atoms with E-state index in [-0.39, 0.29) is 18.3 Å². The van der Waals surface area contributed by atoms with Crippen LogP contribution in [0.25, 0.3) is 11.1 Å². The largest absolute Gasteiger partial charge is 0.482 e. The van der Waals surface area contributed by atoms with Gasteiger partial charge >= 0.3 is 0 Å². The van der Waals surface area contributed by atoms with E-state index in [4.69, 9.17) is 4.74 Å². The fourth-order valence-electron chi connectivity index (χ4n) is 5.10. The third-order valence-electron chi connectivity index (χ3n) is 6.79. The first-order valence-electron chi connectivity index (χ1n) is 11.5. The van der Waals surface area contributed by atoms with Gasteiger partial charge in [-0.2, -0.15) is 0 Å². The number of piperidine rings is 1. The van der Waals surface area contributed by atoms with E-state index in [1.807, 2.05) is 19.9 Å². The Morgan fingerprint density at radius 2 is 2.00 bits per heavy atom. The van der Waals surface area contributed by atoms with Crippen molar-refractivity contribution < 1.29 is 19.0 Å². The van der Waals surface area contributed by atoms with Crippen LogP contribution in [-0.2, 0) is 16.1 Å². The molecule has 3 heterocycles. The Kier molecular flexibility index (Phi) is 5.59. The number of aliphatic hydroxyl groups excluding tert-OH is 1. The topological polar surface area (TPSA) is 61.8 Å². The van der Waals surface area contributed by atoms with Crippen LogP contribution >= 0.6 is 0 Å². The summed E-state index contributed by atoms with van der Waals surface area (Å²) in [5, 5.41) is 12.2. The maximum absolute atomic E-state index is 13.6. The predicted molar refractivity (Wildman–Crippen MR) is 127 cm³/mol. The number of amides is 1. The summed E-state index contributed by atoms with van der Waals surface area (Å²) in [4.78, 5) is 15.0. The number of rotatable bonds is 4. The molecule has 1 amide bonds. The van der Waals surface area contributed by atoms with Gasteiger partial charge in [-0.15, -0.1) is 0 Å². The molecule has 172 valence electrons. The van der Waals surface area contributed by atoms with Crippen LogP contribution in [0.3, 0.4) is 0 Å². The van der Waals surface area contributed by atoms with Crippen molar-refractivity contribution in [2.45, 2.75) is 38.8 Å². The van der Waals surface area contributed by atoms with Crippen molar-refractivity contribution in [3.63, 3.8) is 0 Å². The van der Waals surface area contributed by atoms with Crippen molar-refractivity contribution in [2.24, 2.45) is 5.92 Å². The molecule has 33 heavy (non-hydrogen) atoms. The molecule has 1 atom stereocenters. The molecular weight excluding hydrogens is 419 g/mol. The first-order valence-corrected chi connectivity index (χ1v) is 11.5. The van der Waals surface area contributed by atoms with Gasteiger partial charge in [0.1, 0.15) is 17.2 Å². The highest BCUT2D eigenvalue weighted by atomic mass is 19.1. The van der Waals surface area contributed by atoms with Crippen LogP contribution in [0.2, 0.25) is 0 Å². The summed E-state index contributed by atoms with van der Waals surface area (Å²) in [6.45, 7) is 7.11. The smallest absolute Gasteiger partial charge is 0.260 e. The normalized spacial score (nSPS) is 24.3. The third kappa shape index (κ3) is 4.21. The molecule has 2 N–H and O–H groups in total. The second-order valence-electron chi connectivity index (χ2n) is 9.68. The van der Waals surface area contributed by atoms with Gasteiger partial charge in [0.05, 0.1) is 11.3 Å². The first-order chi connectivity index (χ1) is 15.8. The average molecular weight is 449 g/mol. The van der Waals surface area contributed by atoms with Gasteiger partial charge in [0.25, 0.3) is 5.91 Å². The van der Waals surface area contributed by atoms with Gasteiger partial charge in [0.2, 0.25) is 0 Å². The van der Waals surface area contributed by atoms with E-state index in [1.165, 1.54) is 17.7 Å². The molecule has 1 fully saturated rings. The van der Waals surface area contributed by atoms with Crippen LogP contribution in [-0.4, -0.2) is 41.2 Å². The Bertz CT molecular complexity index is 1150. The van der Waals surface area contributed by atoms with Gasteiger partial charge < -0.3 is 15.2 Å². The number of hydrogen-bond acceptors (Lipinski definition) is 4. The fraction of sp³-hybridized carbons (Fsp3) is 0.370. The molecule has 0 spiro atoms. The van der Waals surface area contributed by atoms with Gasteiger partial charge in [-0.25, -0.2) is 4.39 Å². The Morgan fingerprint density at radius 1 is 1.21 bits per heavy atom. The van der Waals surface area contributed by atoms with Crippen LogP contribution in [0.5, 0.6) is 0 Å². The van der Waals surface area contributed by atoms with E-state index >= 15 is 0 Å². The SMILES string of the molecule is CC1(C)OC(=C2C(=O)Nc3cc(F)ccc32)C=C1c1ccc(CN2CCCC(CO)C2)cc1. The Morgan fingerprint density at radius 3 is 2.76 bits per heavy atom. The molecule has 5 nitrogen and oxygen atoms in total. The van der Waals surface area contributed by atoms with Crippen molar-refractivity contribution in [3.8, 4) is 0 Å². The monoisotopic (exact) mass is 448 g/mol. The summed E-state index contributed by atoms with van der Waals surface area (Å²) in [7, 11) is 0. The van der Waals surface area contributed by atoms with Crippen LogP contribution in [0.1, 0.15) is 43.4 Å². The number of ether oxygens (including phenoxy) is 1. The number of carbonyl (C=O) groups excluding carboxylic acids is 1. The highest BCUT2D eigenvalue weighted by Gasteiger charge is 2.38. The molecule has 0 aromatic heterocycles. The fourth-order valence-corrected chi connectivity index (χ4v) is 5.10. The summed E-state index contributed by atoms with van der Waals surface area (Å²) >= 11 is 0. The lowest BCUT2D eigenvalue weighted by Crippen LogP contribution is -2.36. The number of aliphatic hydroxyl groups is 1. The van der Waals surface area contributed by atoms with E-state index in [0.717, 1.165) is 43.6 Å². The van der Waals surface area contributed by atoms with Crippen molar-refractivity contribution in [1.82, 2.24) is 4.90 Å². The van der Waals surface area contributed by atoms with Crippen molar-refractivity contribution >= 4 is 22.7 Å². The minimum atomic E-state index is -0.603. The zero-order chi connectivity index (χ0) is 23.2. The Labute approximate surface area is 193 Å². The lowest BCUT2D eigenvalue weighted by atomic mass is 9.91. The highest BCUT2D eigenvalue weighted by molar-refractivity contribution is 6.32. The third-order valence-corrected chi connectivity index (χ3v) is 6.79. The number of allylic oxidation sites excluding steroid dienone is 1. The summed E-state index contributed by atoms with van der Waals surface area (Å²) in [6, 6.07) is 12.8. The average Bonchev–Trinajstić information content (AvgIpc) is 3.28. The van der Waals surface area contributed by atoms with Gasteiger partial charge in [-0.3, -0.25) is 9.69 Å². The van der Waals surface area contributed by atoms with Crippen molar-refractivity contribution in [3.05, 3.63) is 76.8 Å². The summed E-state index contributed by atoms with van der Waals surface area (Å²) in [5.41, 5.74) is 4.24. The minimum Gasteiger partial charge on any atom is -0.482 e. The lowest BCUT2D eigenvalue weighted by molar-refractivity contribution is -0.111. The van der Waals surface area contributed by atoms with E-state index in [9.17, 15) is 14.3 Å². The number of benzene rings is 2. The number of nitrogens with one attached hydrogen (secondary N) is 1. The maximum Gasteiger partial charge on any atom is 0.260 e. The summed E-state index contributed by atoms with van der Waals surface area (Å²) in [5.74, 6) is 0.212. The number of carbonyl (C=O) groups is 1. The number of likely N-dealkylation sites (tertiary alicyclic amines) is 1. The van der Waals surface area contributed by atoms with Gasteiger partial charge in [0.15, 0.2) is 0 Å². The van der Waals surface area contributed by atoms with E-state index in [0.29, 0.717) is 28.5 Å². The molecular formula is C27H29FN2O3. The Hall–Kier alpha value is -2.96. The second kappa shape index (κ2) is 8.43. The van der Waals surface area contributed by atoms with E-state index in [2.05, 4.69) is 34.5 Å². The van der Waals surface area contributed by atoms with Crippen LogP contribution in [0.15, 0.2) is 54.3 Å². The Balaban J connectivity index is 1.41. The summed E-state index contributed by atoms with van der Waals surface area (Å²) in [6.07, 6.45) is 4.16. The molecule has 3 aliphatic heterocycles. The van der Waals surface area contributed by atoms with E-state index in [1.54, 1.807) is 6.07 Å². The van der Waals surface area contributed by atoms with Gasteiger partial charge in [-0.05, 0) is 74.6 Å². The standard InChI is InChI=1S/C27H29FN2O3/c1-27(2)22(13-24(33-27)25-21-10-9-20(28)12-23(21)29-26(25)32)19-7-5-17(6-8-19)14-30-11-3-4-18(15-30)16-31/h5-10,12-13,18,31H,3-4,11,14-16H2,1-2H3,(H,29,32). The van der Waals surface area contributed by atoms with Crippen LogP contribution in [0, 0.1) is 11.7 Å². The molecule has 1 unspecified atom stereocenters. The zero-order valence-corrected chi connectivity index (χ0v) is 19.0. The van der Waals surface area contributed by atoms with Crippen LogP contribution < -0.4 is 5.32 Å². The number of hydrogen-bond donors (Lipinski definition) is 2. The first kappa shape index (κ1) is 21.9. The molecule has 0 radical (unpaired) electrons. The van der Waals surface area contributed by atoms with Gasteiger partial charge in [0, 0.05) is 30.8 Å². The number of anilines is 1. The zero-order valence-electron chi connectivity index (χ0n) is 19.0. The summed E-state index contributed by atoms with van der Waals surface area (Å²) < 4.78 is 19.8. The quantitative estimate of drug-likeness (QED) is 0.672. The van der Waals surface area contributed by atoms with Gasteiger partial charge in [-0.1, -0.05) is 24.3 Å². The molecule has 2 aromatic rings. The van der Waals surface area contributed by atoms with Crippen molar-refractivity contribution in [1.29, 1.82) is 0 Å². The van der Waals surface area contributed by atoms with Crippen molar-refractivity contribution in [2.75, 3.05) is 25.0 Å². The molecule has 3 aliphatic rings. The molecule has 0 bridgehead atoms. The number of halogens is 1. The van der Waals surface area contributed by atoms with Crippen LogP contribution in [0.4, 0.5) is 10.1 Å². The molecule has 1 saturated heterocycles. The second-order valence-corrected chi connectivity index (χ2v) is 9.68. The molecule has 5 rings (SSSR count). The molecule has 0 saturated carbocycles. The van der Waals surface area contributed by atoms with E-state index < -0.39 is 5.60 Å². The molecule has 2 aromatic carbocycles. The predicted octanol–water partition coefficient (Wildman–Crippen LogP) is 4.59. The lowest BCUT2D eigenvalue weighted by Gasteiger charge is -2.31. The minimum absolute atomic E-state index is 0.258. The molecule has 0 aliphatic carbocycles. The number of nitrogens with zero attached hydrogens (tertiary/aromatic N) is 1. The maximum atomic E-state index is 13.6. The highest BCUT2D eigenvalue weighted by Crippen LogP contribution is 2.44. The molecule has 6 heteroatoms.